The molecule has 1 aliphatic carbocycles. The molecule has 0 aromatic rings. The molecule has 202 valence electrons. The number of carbonyl (C=O) groups is 2. The molecule has 36 heavy (non-hydrogen) atoms. The van der Waals surface area contributed by atoms with E-state index in [1.807, 2.05) is 0 Å². The molecule has 2 amide bonds. The SMILES string of the molecule is N#CC1CN(S(=O)(=O)N2CCC[C@H](C(=O)N3CCC[C@@H]3C(=O)NCC3CCC(C(F)(F)F)CC3)C2)C1. The predicted octanol–water partition coefficient (Wildman–Crippen LogP) is 1.87. The van der Waals surface area contributed by atoms with Gasteiger partial charge in [0.2, 0.25) is 11.8 Å². The zero-order valence-electron chi connectivity index (χ0n) is 20.3. The van der Waals surface area contributed by atoms with Crippen LogP contribution in [-0.4, -0.2) is 85.2 Å². The summed E-state index contributed by atoms with van der Waals surface area (Å²) in [6.45, 7) is 1.44. The average Bonchev–Trinajstić information content (AvgIpc) is 3.31. The van der Waals surface area contributed by atoms with Gasteiger partial charge >= 0.3 is 6.18 Å². The van der Waals surface area contributed by atoms with Crippen LogP contribution < -0.4 is 5.32 Å². The van der Waals surface area contributed by atoms with Crippen molar-refractivity contribution in [2.45, 2.75) is 63.6 Å². The third kappa shape index (κ3) is 5.81. The highest BCUT2D eigenvalue weighted by Gasteiger charge is 2.44. The number of likely N-dealkylation sites (tertiary alicyclic amines) is 1. The van der Waals surface area contributed by atoms with E-state index in [1.54, 1.807) is 4.90 Å². The molecule has 13 heteroatoms. The lowest BCUT2D eigenvalue weighted by molar-refractivity contribution is -0.183. The number of nitrogens with zero attached hydrogens (tertiary/aromatic N) is 4. The van der Waals surface area contributed by atoms with Crippen molar-refractivity contribution in [1.82, 2.24) is 18.8 Å². The van der Waals surface area contributed by atoms with E-state index in [2.05, 4.69) is 11.4 Å². The van der Waals surface area contributed by atoms with Gasteiger partial charge in [0, 0.05) is 39.3 Å². The zero-order valence-corrected chi connectivity index (χ0v) is 21.1. The summed E-state index contributed by atoms with van der Waals surface area (Å²) in [5.74, 6) is -2.62. The first-order valence-electron chi connectivity index (χ1n) is 12.8. The highest BCUT2D eigenvalue weighted by molar-refractivity contribution is 7.86. The van der Waals surface area contributed by atoms with Gasteiger partial charge in [-0.25, -0.2) is 0 Å². The van der Waals surface area contributed by atoms with E-state index in [-0.39, 0.29) is 56.1 Å². The molecule has 3 heterocycles. The molecule has 9 nitrogen and oxygen atoms in total. The van der Waals surface area contributed by atoms with E-state index in [1.165, 1.54) is 8.61 Å². The zero-order chi connectivity index (χ0) is 26.1. The van der Waals surface area contributed by atoms with Crippen molar-refractivity contribution in [2.24, 2.45) is 23.7 Å². The van der Waals surface area contributed by atoms with E-state index >= 15 is 0 Å². The van der Waals surface area contributed by atoms with Crippen LogP contribution in [0.3, 0.4) is 0 Å². The predicted molar refractivity (Wildman–Crippen MR) is 123 cm³/mol. The fraction of sp³-hybridized carbons (Fsp3) is 0.870. The lowest BCUT2D eigenvalue weighted by atomic mass is 9.81. The monoisotopic (exact) mass is 533 g/mol. The summed E-state index contributed by atoms with van der Waals surface area (Å²) in [7, 11) is -3.73. The molecule has 0 radical (unpaired) electrons. The second-order valence-electron chi connectivity index (χ2n) is 10.5. The van der Waals surface area contributed by atoms with E-state index in [0.717, 1.165) is 0 Å². The summed E-state index contributed by atoms with van der Waals surface area (Å²) in [6, 6.07) is 1.42. The van der Waals surface area contributed by atoms with Gasteiger partial charge in [-0.3, -0.25) is 9.59 Å². The maximum absolute atomic E-state index is 13.3. The number of piperidine rings is 1. The number of nitrogens with one attached hydrogen (secondary N) is 1. The minimum atomic E-state index is -4.17. The summed E-state index contributed by atoms with van der Waals surface area (Å²) in [5.41, 5.74) is 0. The Morgan fingerprint density at radius 3 is 2.25 bits per heavy atom. The van der Waals surface area contributed by atoms with Crippen LogP contribution >= 0.6 is 0 Å². The summed E-state index contributed by atoms with van der Waals surface area (Å²) in [4.78, 5) is 27.8. The fourth-order valence-corrected chi connectivity index (χ4v) is 7.61. The van der Waals surface area contributed by atoms with Crippen LogP contribution in [0, 0.1) is 35.0 Å². The summed E-state index contributed by atoms with van der Waals surface area (Å²) in [6.07, 6.45) is -0.931. The van der Waals surface area contributed by atoms with Crippen LogP contribution in [0.1, 0.15) is 51.4 Å². The number of carbonyl (C=O) groups excluding carboxylic acids is 2. The molecule has 0 aromatic heterocycles. The van der Waals surface area contributed by atoms with Gasteiger partial charge in [-0.15, -0.1) is 0 Å². The molecule has 3 aliphatic heterocycles. The number of hydrogen-bond acceptors (Lipinski definition) is 5. The third-order valence-electron chi connectivity index (χ3n) is 8.13. The standard InChI is InChI=1S/C23H34F3N5O4S/c24-23(25,26)19-7-5-16(6-8-19)12-28-21(32)20-4-2-10-31(20)22(33)18-3-1-9-29(15-18)36(34,35)30-13-17(11-27)14-30/h16-20H,1-10,12-15H2,(H,28,32)/t16?,18-,19?,20+/m0/s1. The number of rotatable bonds is 6. The average molecular weight is 534 g/mol. The molecule has 0 spiro atoms. The number of alkyl halides is 3. The molecule has 1 N–H and O–H groups in total. The van der Waals surface area contributed by atoms with Crippen LogP contribution in [0.4, 0.5) is 13.2 Å². The fourth-order valence-electron chi connectivity index (χ4n) is 5.82. The van der Waals surface area contributed by atoms with Crippen molar-refractivity contribution in [2.75, 3.05) is 39.3 Å². The molecule has 4 rings (SSSR count). The Bertz CT molecular complexity index is 971. The quantitative estimate of drug-likeness (QED) is 0.560. The molecule has 0 bridgehead atoms. The van der Waals surface area contributed by atoms with Crippen LogP contribution in [0.25, 0.3) is 0 Å². The van der Waals surface area contributed by atoms with Gasteiger partial charge in [0.05, 0.1) is 23.8 Å². The lowest BCUT2D eigenvalue weighted by Crippen LogP contribution is -2.57. The largest absolute Gasteiger partial charge is 0.391 e. The van der Waals surface area contributed by atoms with E-state index in [0.29, 0.717) is 58.2 Å². The first-order chi connectivity index (χ1) is 17.0. The van der Waals surface area contributed by atoms with Crippen LogP contribution in [0.2, 0.25) is 0 Å². The molecule has 2 atom stereocenters. The second kappa shape index (κ2) is 10.8. The van der Waals surface area contributed by atoms with Gasteiger partial charge in [0.25, 0.3) is 10.2 Å². The molecule has 4 aliphatic rings. The summed E-state index contributed by atoms with van der Waals surface area (Å²) in [5, 5.41) is 11.8. The third-order valence-corrected chi connectivity index (χ3v) is 10.1. The van der Waals surface area contributed by atoms with Crippen molar-refractivity contribution < 1.29 is 31.2 Å². The maximum Gasteiger partial charge on any atom is 0.391 e. The molecule has 3 saturated heterocycles. The van der Waals surface area contributed by atoms with Crippen molar-refractivity contribution in [3.05, 3.63) is 0 Å². The molecular formula is C23H34F3N5O4S. The minimum Gasteiger partial charge on any atom is -0.354 e. The van der Waals surface area contributed by atoms with E-state index in [9.17, 15) is 31.2 Å². The van der Waals surface area contributed by atoms with Crippen molar-refractivity contribution in [3.8, 4) is 6.07 Å². The van der Waals surface area contributed by atoms with E-state index < -0.39 is 34.3 Å². The van der Waals surface area contributed by atoms with Gasteiger partial charge in [0.1, 0.15) is 6.04 Å². The van der Waals surface area contributed by atoms with Crippen LogP contribution in [0.15, 0.2) is 0 Å². The van der Waals surface area contributed by atoms with Gasteiger partial charge in [-0.2, -0.15) is 35.5 Å². The molecular weight excluding hydrogens is 499 g/mol. The van der Waals surface area contributed by atoms with Gasteiger partial charge in [-0.05, 0) is 57.3 Å². The Morgan fingerprint density at radius 1 is 0.944 bits per heavy atom. The summed E-state index contributed by atoms with van der Waals surface area (Å²) < 4.78 is 67.0. The number of halogens is 3. The Morgan fingerprint density at radius 2 is 1.61 bits per heavy atom. The Hall–Kier alpha value is -1.91. The van der Waals surface area contributed by atoms with E-state index in [4.69, 9.17) is 5.26 Å². The van der Waals surface area contributed by atoms with Gasteiger partial charge < -0.3 is 10.2 Å². The van der Waals surface area contributed by atoms with Crippen molar-refractivity contribution in [3.63, 3.8) is 0 Å². The first kappa shape index (κ1) is 27.1. The Balaban J connectivity index is 1.28. The van der Waals surface area contributed by atoms with Crippen molar-refractivity contribution in [1.29, 1.82) is 5.26 Å². The maximum atomic E-state index is 13.3. The molecule has 1 saturated carbocycles. The number of hydrogen-bond donors (Lipinski definition) is 1. The van der Waals surface area contributed by atoms with Crippen molar-refractivity contribution >= 4 is 22.0 Å². The van der Waals surface area contributed by atoms with Crippen LogP contribution in [0.5, 0.6) is 0 Å². The molecule has 4 fully saturated rings. The number of amides is 2. The topological polar surface area (TPSA) is 114 Å². The molecule has 0 aromatic carbocycles. The van der Waals surface area contributed by atoms with Crippen LogP contribution in [-0.2, 0) is 19.8 Å². The Kier molecular flexibility index (Phi) is 8.16. The smallest absolute Gasteiger partial charge is 0.354 e. The highest BCUT2D eigenvalue weighted by atomic mass is 32.2. The minimum absolute atomic E-state index is 0.00245. The second-order valence-corrected chi connectivity index (χ2v) is 12.5. The lowest BCUT2D eigenvalue weighted by Gasteiger charge is -2.41. The first-order valence-corrected chi connectivity index (χ1v) is 14.2. The number of nitriles is 1. The highest BCUT2D eigenvalue weighted by Crippen LogP contribution is 2.39. The Labute approximate surface area is 210 Å². The normalized spacial score (nSPS) is 31.0. The van der Waals surface area contributed by atoms with Gasteiger partial charge in [-0.1, -0.05) is 0 Å². The molecule has 0 unspecified atom stereocenters. The summed E-state index contributed by atoms with van der Waals surface area (Å²) >= 11 is 0. The van der Waals surface area contributed by atoms with Gasteiger partial charge in [0.15, 0.2) is 0 Å².